The molecule has 6 heteroatoms. The number of aromatic nitrogens is 1. The minimum absolute atomic E-state index is 0.139. The molecule has 0 aromatic carbocycles. The van der Waals surface area contributed by atoms with Crippen LogP contribution in [0.3, 0.4) is 0 Å². The first-order chi connectivity index (χ1) is 8.49. The first kappa shape index (κ1) is 12.3. The Morgan fingerprint density at radius 1 is 1.33 bits per heavy atom. The van der Waals surface area contributed by atoms with E-state index >= 15 is 0 Å². The maximum atomic E-state index is 11.9. The minimum Gasteiger partial charge on any atom is -0.478 e. The van der Waals surface area contributed by atoms with Crippen LogP contribution in [-0.2, 0) is 22.5 Å². The molecule has 0 saturated heterocycles. The lowest BCUT2D eigenvalue weighted by Gasteiger charge is -2.04. The fraction of sp³-hybridized carbons (Fsp3) is 0.417. The van der Waals surface area contributed by atoms with Gasteiger partial charge in [0, 0.05) is 12.2 Å². The van der Waals surface area contributed by atoms with E-state index in [2.05, 4.69) is 4.74 Å². The first-order valence-electron chi connectivity index (χ1n) is 5.57. The average molecular weight is 251 g/mol. The zero-order valence-electron chi connectivity index (χ0n) is 10.1. The third-order valence-corrected chi connectivity index (χ3v) is 3.21. The second kappa shape index (κ2) is 4.29. The molecular weight excluding hydrogens is 238 g/mol. The number of ketones is 1. The maximum absolute atomic E-state index is 11.9. The Labute approximate surface area is 103 Å². The van der Waals surface area contributed by atoms with Crippen LogP contribution in [0.25, 0.3) is 0 Å². The summed E-state index contributed by atoms with van der Waals surface area (Å²) in [6, 6.07) is 0. The van der Waals surface area contributed by atoms with Crippen molar-refractivity contribution in [1.82, 2.24) is 4.57 Å². The third kappa shape index (κ3) is 1.61. The van der Waals surface area contributed by atoms with Gasteiger partial charge in [0.2, 0.25) is 0 Å². The molecule has 0 bridgehead atoms. The summed E-state index contributed by atoms with van der Waals surface area (Å²) in [5.41, 5.74) is 1.24. The van der Waals surface area contributed by atoms with Crippen LogP contribution in [0.4, 0.5) is 0 Å². The van der Waals surface area contributed by atoms with Crippen molar-refractivity contribution >= 4 is 17.7 Å². The molecule has 1 aliphatic heterocycles. The van der Waals surface area contributed by atoms with Gasteiger partial charge in [-0.3, -0.25) is 4.79 Å². The standard InChI is InChI=1S/C12H13NO5/c1-6-8(11(15)16)7-4-3-5-13(7)9(6)10(14)12(17)18-2/h3-5H2,1-2H3,(H,15,16). The van der Waals surface area contributed by atoms with Gasteiger partial charge in [0.05, 0.1) is 12.7 Å². The summed E-state index contributed by atoms with van der Waals surface area (Å²) in [4.78, 5) is 34.4. The van der Waals surface area contributed by atoms with Crippen molar-refractivity contribution in [2.45, 2.75) is 26.3 Å². The highest BCUT2D eigenvalue weighted by Crippen LogP contribution is 2.29. The summed E-state index contributed by atoms with van der Waals surface area (Å²) < 4.78 is 6.02. The van der Waals surface area contributed by atoms with Crippen molar-refractivity contribution in [3.63, 3.8) is 0 Å². The number of esters is 1. The Morgan fingerprint density at radius 3 is 2.56 bits per heavy atom. The van der Waals surface area contributed by atoms with Crippen molar-refractivity contribution in [2.75, 3.05) is 7.11 Å². The number of carboxylic acid groups (broad SMARTS) is 1. The van der Waals surface area contributed by atoms with Crippen molar-refractivity contribution in [1.29, 1.82) is 0 Å². The van der Waals surface area contributed by atoms with Crippen LogP contribution in [0.15, 0.2) is 0 Å². The zero-order chi connectivity index (χ0) is 13.4. The van der Waals surface area contributed by atoms with Gasteiger partial charge in [-0.15, -0.1) is 0 Å². The van der Waals surface area contributed by atoms with E-state index in [0.29, 0.717) is 24.2 Å². The van der Waals surface area contributed by atoms with Crippen molar-refractivity contribution in [3.05, 3.63) is 22.5 Å². The van der Waals surface area contributed by atoms with Crippen LogP contribution >= 0.6 is 0 Å². The molecule has 0 spiro atoms. The van der Waals surface area contributed by atoms with Crippen LogP contribution in [-0.4, -0.2) is 34.5 Å². The molecule has 1 aromatic heterocycles. The molecule has 1 aromatic rings. The van der Waals surface area contributed by atoms with Crippen LogP contribution in [0.1, 0.15) is 38.5 Å². The fourth-order valence-corrected chi connectivity index (χ4v) is 2.48. The van der Waals surface area contributed by atoms with Gasteiger partial charge in [0.15, 0.2) is 0 Å². The van der Waals surface area contributed by atoms with Crippen LogP contribution in [0.5, 0.6) is 0 Å². The number of ether oxygens (including phenoxy) is 1. The van der Waals surface area contributed by atoms with E-state index in [9.17, 15) is 19.5 Å². The van der Waals surface area contributed by atoms with E-state index in [4.69, 9.17) is 0 Å². The SMILES string of the molecule is COC(=O)C(=O)c1c(C)c(C(=O)O)c2n1CCC2. The summed E-state index contributed by atoms with van der Waals surface area (Å²) in [6.45, 7) is 2.10. The lowest BCUT2D eigenvalue weighted by Crippen LogP contribution is -2.20. The predicted octanol–water partition coefficient (Wildman–Crippen LogP) is 0.797. The molecule has 96 valence electrons. The summed E-state index contributed by atoms with van der Waals surface area (Å²) in [5, 5.41) is 9.18. The normalized spacial score (nSPS) is 13.2. The highest BCUT2D eigenvalue weighted by atomic mass is 16.5. The highest BCUT2D eigenvalue weighted by Gasteiger charge is 2.33. The van der Waals surface area contributed by atoms with Gasteiger partial charge in [-0.1, -0.05) is 0 Å². The molecule has 0 saturated carbocycles. The second-order valence-corrected chi connectivity index (χ2v) is 4.18. The molecule has 0 fully saturated rings. The summed E-state index contributed by atoms with van der Waals surface area (Å²) in [5.74, 6) is -2.82. The number of rotatable bonds is 3. The number of hydrogen-bond donors (Lipinski definition) is 1. The summed E-state index contributed by atoms with van der Waals surface area (Å²) in [7, 11) is 1.13. The maximum Gasteiger partial charge on any atom is 0.381 e. The van der Waals surface area contributed by atoms with Gasteiger partial charge in [0.1, 0.15) is 5.69 Å². The molecular formula is C12H13NO5. The Morgan fingerprint density at radius 2 is 2.00 bits per heavy atom. The molecule has 2 rings (SSSR count). The number of carbonyl (C=O) groups is 3. The monoisotopic (exact) mass is 251 g/mol. The number of fused-ring (bicyclic) bond motifs is 1. The van der Waals surface area contributed by atoms with E-state index in [1.165, 1.54) is 0 Å². The number of hydrogen-bond acceptors (Lipinski definition) is 4. The van der Waals surface area contributed by atoms with Gasteiger partial charge in [-0.2, -0.15) is 0 Å². The number of aromatic carboxylic acids is 1. The molecule has 18 heavy (non-hydrogen) atoms. The van der Waals surface area contributed by atoms with E-state index in [1.54, 1.807) is 11.5 Å². The lowest BCUT2D eigenvalue weighted by molar-refractivity contribution is -0.135. The number of nitrogens with zero attached hydrogens (tertiary/aromatic N) is 1. The largest absolute Gasteiger partial charge is 0.478 e. The number of Topliss-reactive ketones (excluding diaryl/α,β-unsaturated/α-hetero) is 1. The average Bonchev–Trinajstić information content (AvgIpc) is 2.85. The van der Waals surface area contributed by atoms with Crippen molar-refractivity contribution < 1.29 is 24.2 Å². The minimum atomic E-state index is -1.07. The molecule has 1 N–H and O–H groups in total. The molecule has 0 atom stereocenters. The van der Waals surface area contributed by atoms with Crippen LogP contribution < -0.4 is 0 Å². The van der Waals surface area contributed by atoms with Gasteiger partial charge in [-0.05, 0) is 25.3 Å². The lowest BCUT2D eigenvalue weighted by atomic mass is 10.1. The molecule has 0 radical (unpaired) electrons. The first-order valence-corrected chi connectivity index (χ1v) is 5.57. The Kier molecular flexibility index (Phi) is 2.94. The molecule has 0 unspecified atom stereocenters. The van der Waals surface area contributed by atoms with E-state index in [0.717, 1.165) is 13.5 Å². The highest BCUT2D eigenvalue weighted by molar-refractivity contribution is 6.40. The smallest absolute Gasteiger partial charge is 0.381 e. The third-order valence-electron chi connectivity index (χ3n) is 3.21. The van der Waals surface area contributed by atoms with Gasteiger partial charge >= 0.3 is 11.9 Å². The predicted molar refractivity (Wildman–Crippen MR) is 60.8 cm³/mol. The Bertz CT molecular complexity index is 555. The Hall–Kier alpha value is -2.11. The second-order valence-electron chi connectivity index (χ2n) is 4.18. The number of carbonyl (C=O) groups excluding carboxylic acids is 2. The van der Waals surface area contributed by atoms with Crippen LogP contribution in [0.2, 0.25) is 0 Å². The van der Waals surface area contributed by atoms with Crippen molar-refractivity contribution in [3.8, 4) is 0 Å². The number of carboxylic acids is 1. The van der Waals surface area contributed by atoms with Crippen LogP contribution in [0, 0.1) is 6.92 Å². The van der Waals surface area contributed by atoms with Gasteiger partial charge < -0.3 is 14.4 Å². The fourth-order valence-electron chi connectivity index (χ4n) is 2.48. The topological polar surface area (TPSA) is 85.6 Å². The van der Waals surface area contributed by atoms with E-state index in [-0.39, 0.29) is 11.3 Å². The van der Waals surface area contributed by atoms with Gasteiger partial charge in [-0.25, -0.2) is 9.59 Å². The molecule has 0 amide bonds. The van der Waals surface area contributed by atoms with E-state index < -0.39 is 17.7 Å². The molecule has 1 aliphatic rings. The number of methoxy groups -OCH3 is 1. The summed E-state index contributed by atoms with van der Waals surface area (Å²) in [6.07, 6.45) is 1.38. The molecule has 2 heterocycles. The zero-order valence-corrected chi connectivity index (χ0v) is 10.1. The molecule has 0 aliphatic carbocycles. The quantitative estimate of drug-likeness (QED) is 0.488. The summed E-state index contributed by atoms with van der Waals surface area (Å²) >= 11 is 0. The Balaban J connectivity index is 2.62. The van der Waals surface area contributed by atoms with Crippen molar-refractivity contribution in [2.24, 2.45) is 0 Å². The van der Waals surface area contributed by atoms with Gasteiger partial charge in [0.25, 0.3) is 5.78 Å². The molecule has 6 nitrogen and oxygen atoms in total. The van der Waals surface area contributed by atoms with E-state index in [1.807, 2.05) is 0 Å².